The van der Waals surface area contributed by atoms with Crippen LogP contribution < -0.4 is 10.1 Å². The molecule has 1 heterocycles. The number of carbonyl (C=O) groups excluding carboxylic acids is 1. The van der Waals surface area contributed by atoms with E-state index >= 15 is 0 Å². The maximum absolute atomic E-state index is 13.0. The molecule has 4 nitrogen and oxygen atoms in total. The van der Waals surface area contributed by atoms with Crippen molar-refractivity contribution in [2.75, 3.05) is 26.2 Å². The van der Waals surface area contributed by atoms with Crippen LogP contribution in [0.5, 0.6) is 5.75 Å². The lowest BCUT2D eigenvalue weighted by molar-refractivity contribution is 0.0683. The van der Waals surface area contributed by atoms with E-state index in [4.69, 9.17) is 16.3 Å². The summed E-state index contributed by atoms with van der Waals surface area (Å²) in [6, 6.07) is 5.43. The van der Waals surface area contributed by atoms with Gasteiger partial charge in [0.15, 0.2) is 0 Å². The maximum Gasteiger partial charge on any atom is 0.257 e. The summed E-state index contributed by atoms with van der Waals surface area (Å²) in [5.41, 5.74) is 0.615. The van der Waals surface area contributed by atoms with Crippen molar-refractivity contribution in [1.82, 2.24) is 10.2 Å². The van der Waals surface area contributed by atoms with Gasteiger partial charge in [0.25, 0.3) is 5.91 Å². The van der Waals surface area contributed by atoms with Crippen molar-refractivity contribution in [3.8, 4) is 5.75 Å². The molecule has 3 rings (SSSR count). The Morgan fingerprint density at radius 3 is 2.64 bits per heavy atom. The first-order chi connectivity index (χ1) is 12.2. The van der Waals surface area contributed by atoms with Gasteiger partial charge in [0, 0.05) is 18.1 Å². The van der Waals surface area contributed by atoms with Gasteiger partial charge in [-0.3, -0.25) is 4.79 Å². The van der Waals surface area contributed by atoms with Crippen molar-refractivity contribution < 1.29 is 9.53 Å². The van der Waals surface area contributed by atoms with E-state index < -0.39 is 0 Å². The van der Waals surface area contributed by atoms with Gasteiger partial charge >= 0.3 is 0 Å². The van der Waals surface area contributed by atoms with Crippen LogP contribution in [0.15, 0.2) is 18.2 Å². The van der Waals surface area contributed by atoms with E-state index in [1.165, 1.54) is 12.8 Å². The van der Waals surface area contributed by atoms with Crippen LogP contribution in [0.25, 0.3) is 0 Å². The number of piperidine rings is 1. The zero-order chi connectivity index (χ0) is 17.6. The second-order valence-electron chi connectivity index (χ2n) is 7.21. The number of rotatable bonds is 6. The minimum atomic E-state index is 0.0531. The Hall–Kier alpha value is -1.26. The lowest BCUT2D eigenvalue weighted by Gasteiger charge is -2.32. The zero-order valence-corrected chi connectivity index (χ0v) is 15.9. The topological polar surface area (TPSA) is 41.6 Å². The molecule has 138 valence electrons. The zero-order valence-electron chi connectivity index (χ0n) is 15.1. The first kappa shape index (κ1) is 18.5. The summed E-state index contributed by atoms with van der Waals surface area (Å²) in [7, 11) is 0. The highest BCUT2D eigenvalue weighted by molar-refractivity contribution is 6.31. The molecule has 5 heteroatoms. The first-order valence-corrected chi connectivity index (χ1v) is 10.0. The lowest BCUT2D eigenvalue weighted by atomic mass is 9.96. The molecule has 2 aliphatic rings. The number of carbonyl (C=O) groups is 1. The Labute approximate surface area is 155 Å². The summed E-state index contributed by atoms with van der Waals surface area (Å²) in [4.78, 5) is 15.0. The summed E-state index contributed by atoms with van der Waals surface area (Å²) < 4.78 is 6.13. The normalized spacial score (nSPS) is 19.4. The Morgan fingerprint density at radius 1 is 1.24 bits per heavy atom. The standard InChI is InChI=1S/C20H29ClN2O2/c1-2-22-14-15-9-11-23(12-10-15)20(24)18-13-16(21)7-8-19(18)25-17-5-3-4-6-17/h7-8,13,15,17,22H,2-6,9-12,14H2,1H3. The highest BCUT2D eigenvalue weighted by atomic mass is 35.5. The number of likely N-dealkylation sites (tertiary alicyclic amines) is 1. The molecule has 1 aromatic rings. The van der Waals surface area contributed by atoms with E-state index in [0.717, 1.165) is 51.9 Å². The van der Waals surface area contributed by atoms with Gasteiger partial charge in [-0.05, 0) is 75.7 Å². The van der Waals surface area contributed by atoms with Crippen LogP contribution in [0, 0.1) is 5.92 Å². The molecule has 1 amide bonds. The van der Waals surface area contributed by atoms with Crippen LogP contribution in [0.2, 0.25) is 5.02 Å². The van der Waals surface area contributed by atoms with Crippen LogP contribution in [-0.2, 0) is 0 Å². The summed E-state index contributed by atoms with van der Waals surface area (Å²) in [5.74, 6) is 1.41. The molecule has 1 aromatic carbocycles. The third kappa shape index (κ3) is 4.89. The summed E-state index contributed by atoms with van der Waals surface area (Å²) in [5, 5.41) is 4.00. The van der Waals surface area contributed by atoms with Gasteiger partial charge in [0.1, 0.15) is 5.75 Å². The van der Waals surface area contributed by atoms with Crippen molar-refractivity contribution in [3.63, 3.8) is 0 Å². The minimum absolute atomic E-state index is 0.0531. The van der Waals surface area contributed by atoms with Crippen LogP contribution in [0.3, 0.4) is 0 Å². The monoisotopic (exact) mass is 364 g/mol. The summed E-state index contributed by atoms with van der Waals surface area (Å²) >= 11 is 6.16. The molecule has 1 aliphatic carbocycles. The van der Waals surface area contributed by atoms with Crippen molar-refractivity contribution in [2.24, 2.45) is 5.92 Å². The van der Waals surface area contributed by atoms with Crippen molar-refractivity contribution in [3.05, 3.63) is 28.8 Å². The van der Waals surface area contributed by atoms with Crippen molar-refractivity contribution in [2.45, 2.75) is 51.6 Å². The molecule has 1 aliphatic heterocycles. The van der Waals surface area contributed by atoms with Crippen LogP contribution >= 0.6 is 11.6 Å². The highest BCUT2D eigenvalue weighted by Crippen LogP contribution is 2.30. The Kier molecular flexibility index (Phi) is 6.60. The predicted octanol–water partition coefficient (Wildman–Crippen LogP) is 4.12. The van der Waals surface area contributed by atoms with Gasteiger partial charge in [-0.15, -0.1) is 0 Å². The third-order valence-corrected chi connectivity index (χ3v) is 5.59. The average molecular weight is 365 g/mol. The minimum Gasteiger partial charge on any atom is -0.490 e. The molecule has 25 heavy (non-hydrogen) atoms. The van der Waals surface area contributed by atoms with Gasteiger partial charge < -0.3 is 15.0 Å². The first-order valence-electron chi connectivity index (χ1n) is 9.63. The number of benzene rings is 1. The Balaban J connectivity index is 1.66. The van der Waals surface area contributed by atoms with Gasteiger partial charge in [-0.2, -0.15) is 0 Å². The lowest BCUT2D eigenvalue weighted by Crippen LogP contribution is -2.41. The van der Waals surface area contributed by atoms with Gasteiger partial charge in [-0.1, -0.05) is 18.5 Å². The molecule has 1 N–H and O–H groups in total. The SMILES string of the molecule is CCNCC1CCN(C(=O)c2cc(Cl)ccc2OC2CCCC2)CC1. The second-order valence-corrected chi connectivity index (χ2v) is 7.64. The molecule has 0 spiro atoms. The van der Waals surface area contributed by atoms with Gasteiger partial charge in [0.05, 0.1) is 11.7 Å². The van der Waals surface area contributed by atoms with E-state index in [1.807, 2.05) is 17.0 Å². The smallest absolute Gasteiger partial charge is 0.257 e. The van der Waals surface area contributed by atoms with Crippen LogP contribution in [0.1, 0.15) is 55.8 Å². The molecule has 1 saturated heterocycles. The maximum atomic E-state index is 13.0. The molecular weight excluding hydrogens is 336 g/mol. The highest BCUT2D eigenvalue weighted by Gasteiger charge is 2.27. The molecule has 2 fully saturated rings. The van der Waals surface area contributed by atoms with Crippen LogP contribution in [0.4, 0.5) is 0 Å². The molecular formula is C20H29ClN2O2. The Morgan fingerprint density at radius 2 is 1.96 bits per heavy atom. The molecule has 1 saturated carbocycles. The van der Waals surface area contributed by atoms with Crippen molar-refractivity contribution >= 4 is 17.5 Å². The fourth-order valence-corrected chi connectivity index (χ4v) is 3.99. The van der Waals surface area contributed by atoms with Crippen LogP contribution in [-0.4, -0.2) is 43.1 Å². The molecule has 0 bridgehead atoms. The number of halogens is 1. The molecule has 0 atom stereocenters. The van der Waals surface area contributed by atoms with E-state index in [1.54, 1.807) is 6.07 Å². The summed E-state index contributed by atoms with van der Waals surface area (Å²) in [6.07, 6.45) is 6.91. The van der Waals surface area contributed by atoms with Crippen molar-refractivity contribution in [1.29, 1.82) is 0 Å². The quantitative estimate of drug-likeness (QED) is 0.825. The number of hydrogen-bond acceptors (Lipinski definition) is 3. The number of nitrogens with one attached hydrogen (secondary N) is 1. The largest absolute Gasteiger partial charge is 0.490 e. The number of hydrogen-bond donors (Lipinski definition) is 1. The molecule has 0 radical (unpaired) electrons. The fraction of sp³-hybridized carbons (Fsp3) is 0.650. The van der Waals surface area contributed by atoms with Gasteiger partial charge in [0.2, 0.25) is 0 Å². The molecule has 0 unspecified atom stereocenters. The third-order valence-electron chi connectivity index (χ3n) is 5.35. The second kappa shape index (κ2) is 8.91. The summed E-state index contributed by atoms with van der Waals surface area (Å²) in [6.45, 7) is 5.80. The number of nitrogens with zero attached hydrogens (tertiary/aromatic N) is 1. The van der Waals surface area contributed by atoms with E-state index in [-0.39, 0.29) is 12.0 Å². The number of amides is 1. The molecule has 0 aromatic heterocycles. The van der Waals surface area contributed by atoms with E-state index in [2.05, 4.69) is 12.2 Å². The van der Waals surface area contributed by atoms with Gasteiger partial charge in [-0.25, -0.2) is 0 Å². The fourth-order valence-electron chi connectivity index (χ4n) is 3.82. The predicted molar refractivity (Wildman–Crippen MR) is 102 cm³/mol. The number of ether oxygens (including phenoxy) is 1. The van der Waals surface area contributed by atoms with E-state index in [9.17, 15) is 4.79 Å². The average Bonchev–Trinajstić information content (AvgIpc) is 3.14. The van der Waals surface area contributed by atoms with E-state index in [0.29, 0.717) is 22.3 Å². The Bertz CT molecular complexity index is 579.